The monoisotopic (exact) mass is 380 g/mol. The van der Waals surface area contributed by atoms with Gasteiger partial charge in [0.05, 0.1) is 38.9 Å². The van der Waals surface area contributed by atoms with E-state index in [0.29, 0.717) is 13.2 Å². The second kappa shape index (κ2) is 19.1. The maximum atomic E-state index is 10.8. The molecule has 0 aromatic carbocycles. The predicted octanol–water partition coefficient (Wildman–Crippen LogP) is 0.334. The molecule has 10 nitrogen and oxygen atoms in total. The third kappa shape index (κ3) is 24.1. The lowest BCUT2D eigenvalue weighted by Gasteiger charge is -2.08. The molecule has 0 aromatic rings. The number of carbonyl (C=O) groups is 4. The maximum absolute atomic E-state index is 10.8. The van der Waals surface area contributed by atoms with Crippen molar-refractivity contribution in [2.45, 2.75) is 51.4 Å². The summed E-state index contributed by atoms with van der Waals surface area (Å²) in [4.78, 5) is 40.9. The van der Waals surface area contributed by atoms with Gasteiger partial charge in [-0.3, -0.25) is 19.2 Å². The highest BCUT2D eigenvalue weighted by molar-refractivity contribution is 5.77. The van der Waals surface area contributed by atoms with E-state index in [1.807, 2.05) is 0 Å². The number of esters is 2. The average molecular weight is 380 g/mol. The van der Waals surface area contributed by atoms with Gasteiger partial charge in [-0.05, 0) is 25.7 Å². The summed E-state index contributed by atoms with van der Waals surface area (Å²) < 4.78 is 9.64. The summed E-state index contributed by atoms with van der Waals surface area (Å²) in [5.41, 5.74) is 0. The topological polar surface area (TPSA) is 168 Å². The van der Waals surface area contributed by atoms with Crippen LogP contribution in [0.4, 0.5) is 0 Å². The zero-order valence-corrected chi connectivity index (χ0v) is 14.7. The standard InChI is InChI=1S/C8H12O4.C4H6O4.C4H10O2/c9-7-3-4-8(10)12-6-2-1-5-11-7;5-3(6)1-2-4(7)8;5-3-1-2-4-6/h1-6H2;1-2H2,(H,5,6)(H,7,8);5-6H,1-4H2. The number of rotatable bonds is 6. The van der Waals surface area contributed by atoms with Gasteiger partial charge >= 0.3 is 23.9 Å². The Labute approximate surface area is 151 Å². The molecule has 1 saturated heterocycles. The first-order chi connectivity index (χ1) is 12.3. The number of hydrogen-bond acceptors (Lipinski definition) is 8. The van der Waals surface area contributed by atoms with E-state index in [2.05, 4.69) is 0 Å². The van der Waals surface area contributed by atoms with Crippen LogP contribution < -0.4 is 0 Å². The van der Waals surface area contributed by atoms with Gasteiger partial charge in [-0.2, -0.15) is 0 Å². The number of ether oxygens (including phenoxy) is 2. The lowest BCUT2D eigenvalue weighted by molar-refractivity contribution is -0.152. The largest absolute Gasteiger partial charge is 0.481 e. The summed E-state index contributed by atoms with van der Waals surface area (Å²) in [6.07, 6.45) is 2.65. The van der Waals surface area contributed by atoms with E-state index in [1.165, 1.54) is 0 Å². The van der Waals surface area contributed by atoms with Crippen molar-refractivity contribution in [3.8, 4) is 0 Å². The number of aliphatic carboxylic acids is 2. The molecule has 0 spiro atoms. The maximum Gasteiger partial charge on any atom is 0.306 e. The molecule has 152 valence electrons. The Bertz CT molecular complexity index is 370. The Kier molecular flexibility index (Phi) is 19.2. The normalized spacial score (nSPS) is 14.4. The van der Waals surface area contributed by atoms with Crippen molar-refractivity contribution >= 4 is 23.9 Å². The van der Waals surface area contributed by atoms with E-state index >= 15 is 0 Å². The summed E-state index contributed by atoms with van der Waals surface area (Å²) in [5.74, 6) is -2.78. The molecule has 0 amide bonds. The molecule has 0 aromatic heterocycles. The zero-order chi connectivity index (χ0) is 20.2. The molecule has 1 fully saturated rings. The van der Waals surface area contributed by atoms with Crippen LogP contribution in [0.2, 0.25) is 0 Å². The van der Waals surface area contributed by atoms with E-state index in [9.17, 15) is 19.2 Å². The summed E-state index contributed by atoms with van der Waals surface area (Å²) in [6.45, 7) is 1.27. The smallest absolute Gasteiger partial charge is 0.306 e. The second-order valence-corrected chi connectivity index (χ2v) is 5.09. The van der Waals surface area contributed by atoms with Gasteiger partial charge in [0.1, 0.15) is 0 Å². The minimum absolute atomic E-state index is 0.138. The van der Waals surface area contributed by atoms with Gasteiger partial charge in [0.2, 0.25) is 0 Å². The van der Waals surface area contributed by atoms with Gasteiger partial charge in [-0.1, -0.05) is 0 Å². The van der Waals surface area contributed by atoms with Gasteiger partial charge < -0.3 is 29.9 Å². The van der Waals surface area contributed by atoms with Crippen LogP contribution >= 0.6 is 0 Å². The lowest BCUT2D eigenvalue weighted by atomic mass is 10.3. The van der Waals surface area contributed by atoms with Crippen LogP contribution in [0.5, 0.6) is 0 Å². The lowest BCUT2D eigenvalue weighted by Crippen LogP contribution is -2.14. The molecule has 1 aliphatic heterocycles. The van der Waals surface area contributed by atoms with Crippen molar-refractivity contribution in [1.82, 2.24) is 0 Å². The van der Waals surface area contributed by atoms with Gasteiger partial charge in [0, 0.05) is 13.2 Å². The van der Waals surface area contributed by atoms with Crippen LogP contribution in [0.15, 0.2) is 0 Å². The number of unbranched alkanes of at least 4 members (excludes halogenated alkanes) is 1. The Morgan fingerprint density at radius 2 is 1.12 bits per heavy atom. The number of cyclic esters (lactones) is 2. The molecule has 1 aliphatic rings. The van der Waals surface area contributed by atoms with Crippen molar-refractivity contribution < 1.29 is 49.1 Å². The van der Waals surface area contributed by atoms with E-state index < -0.39 is 11.9 Å². The highest BCUT2D eigenvalue weighted by atomic mass is 16.5. The number of aliphatic hydroxyl groups is 2. The second-order valence-electron chi connectivity index (χ2n) is 5.09. The average Bonchev–Trinajstić information content (AvgIpc) is 2.60. The summed E-state index contributed by atoms with van der Waals surface area (Å²) in [6, 6.07) is 0. The zero-order valence-electron chi connectivity index (χ0n) is 14.7. The SMILES string of the molecule is O=C(O)CCC(=O)O.O=C1CCC(=O)OCCCCO1.OCCCCO. The fourth-order valence-corrected chi connectivity index (χ4v) is 1.36. The summed E-state index contributed by atoms with van der Waals surface area (Å²) >= 11 is 0. The van der Waals surface area contributed by atoms with Crippen LogP contribution in [0, 0.1) is 0 Å². The molecule has 0 unspecified atom stereocenters. The Morgan fingerprint density at radius 1 is 0.769 bits per heavy atom. The molecular formula is C16H28O10. The molecule has 0 atom stereocenters. The fraction of sp³-hybridized carbons (Fsp3) is 0.750. The predicted molar refractivity (Wildman–Crippen MR) is 88.3 cm³/mol. The van der Waals surface area contributed by atoms with Crippen molar-refractivity contribution in [3.63, 3.8) is 0 Å². The van der Waals surface area contributed by atoms with Gasteiger partial charge in [0.25, 0.3) is 0 Å². The summed E-state index contributed by atoms with van der Waals surface area (Å²) in [5, 5.41) is 32.0. The Hall–Kier alpha value is -2.20. The Balaban J connectivity index is 0. The molecule has 0 radical (unpaired) electrons. The van der Waals surface area contributed by atoms with Gasteiger partial charge in [-0.25, -0.2) is 0 Å². The van der Waals surface area contributed by atoms with Gasteiger partial charge in [0.15, 0.2) is 0 Å². The van der Waals surface area contributed by atoms with Crippen LogP contribution in [0.25, 0.3) is 0 Å². The minimum Gasteiger partial charge on any atom is -0.481 e. The highest BCUT2D eigenvalue weighted by Crippen LogP contribution is 2.01. The van der Waals surface area contributed by atoms with Crippen LogP contribution in [0.1, 0.15) is 51.4 Å². The van der Waals surface area contributed by atoms with E-state index in [1.54, 1.807) is 0 Å². The number of hydrogen-bond donors (Lipinski definition) is 4. The molecule has 1 rings (SSSR count). The third-order valence-corrected chi connectivity index (χ3v) is 2.72. The first kappa shape index (κ1) is 26.0. The van der Waals surface area contributed by atoms with Crippen molar-refractivity contribution in [2.24, 2.45) is 0 Å². The number of aliphatic hydroxyl groups excluding tert-OH is 2. The van der Waals surface area contributed by atoms with Crippen molar-refractivity contribution in [2.75, 3.05) is 26.4 Å². The quantitative estimate of drug-likeness (QED) is 0.372. The number of carboxylic acid groups (broad SMARTS) is 2. The number of carboxylic acids is 2. The van der Waals surface area contributed by atoms with Crippen LogP contribution in [0.3, 0.4) is 0 Å². The molecule has 4 N–H and O–H groups in total. The fourth-order valence-electron chi connectivity index (χ4n) is 1.36. The first-order valence-electron chi connectivity index (χ1n) is 8.30. The highest BCUT2D eigenvalue weighted by Gasteiger charge is 2.10. The van der Waals surface area contributed by atoms with Crippen LogP contribution in [-0.4, -0.2) is 70.7 Å². The molecule has 26 heavy (non-hydrogen) atoms. The molecule has 0 aliphatic carbocycles. The molecule has 0 bridgehead atoms. The molecule has 1 heterocycles. The van der Waals surface area contributed by atoms with E-state index in [4.69, 9.17) is 29.9 Å². The van der Waals surface area contributed by atoms with E-state index in [-0.39, 0.29) is 50.8 Å². The van der Waals surface area contributed by atoms with Gasteiger partial charge in [-0.15, -0.1) is 0 Å². The van der Waals surface area contributed by atoms with E-state index in [0.717, 1.165) is 25.7 Å². The molecule has 0 saturated carbocycles. The Morgan fingerprint density at radius 3 is 1.38 bits per heavy atom. The molecular weight excluding hydrogens is 352 g/mol. The van der Waals surface area contributed by atoms with Crippen molar-refractivity contribution in [3.05, 3.63) is 0 Å². The third-order valence-electron chi connectivity index (χ3n) is 2.72. The molecule has 10 heteroatoms. The first-order valence-corrected chi connectivity index (χ1v) is 8.30. The minimum atomic E-state index is -1.08. The summed E-state index contributed by atoms with van der Waals surface area (Å²) in [7, 11) is 0. The van der Waals surface area contributed by atoms with Crippen molar-refractivity contribution in [1.29, 1.82) is 0 Å². The number of carbonyl (C=O) groups excluding carboxylic acids is 2. The van der Waals surface area contributed by atoms with Crippen LogP contribution in [-0.2, 0) is 28.7 Å².